The quantitative estimate of drug-likeness (QED) is 0.834. The first-order valence-electron chi connectivity index (χ1n) is 7.61. The van der Waals surface area contributed by atoms with Gasteiger partial charge in [0.25, 0.3) is 0 Å². The van der Waals surface area contributed by atoms with E-state index in [1.165, 1.54) is 12.1 Å². The van der Waals surface area contributed by atoms with Crippen LogP contribution < -0.4 is 0 Å². The van der Waals surface area contributed by atoms with Gasteiger partial charge in [0.05, 0.1) is 30.7 Å². The fourth-order valence-electron chi connectivity index (χ4n) is 3.33. The molecular formula is C16H19F3N2O2. The van der Waals surface area contributed by atoms with Gasteiger partial charge in [-0.05, 0) is 11.6 Å². The van der Waals surface area contributed by atoms with Crippen LogP contribution in [0.2, 0.25) is 0 Å². The molecule has 1 amide bonds. The highest BCUT2D eigenvalue weighted by Crippen LogP contribution is 2.33. The summed E-state index contributed by atoms with van der Waals surface area (Å²) in [5, 5.41) is 0. The van der Waals surface area contributed by atoms with Gasteiger partial charge < -0.3 is 9.64 Å². The first-order valence-corrected chi connectivity index (χ1v) is 7.61. The maximum Gasteiger partial charge on any atom is 0.416 e. The second-order valence-electron chi connectivity index (χ2n) is 6.08. The lowest BCUT2D eigenvalue weighted by Gasteiger charge is -2.25. The number of halogens is 3. The third-order valence-corrected chi connectivity index (χ3v) is 4.57. The second-order valence-corrected chi connectivity index (χ2v) is 6.08. The molecule has 0 saturated carbocycles. The molecular weight excluding hydrogens is 309 g/mol. The molecule has 1 aromatic rings. The first kappa shape index (κ1) is 16.3. The largest absolute Gasteiger partial charge is 0.416 e. The van der Waals surface area contributed by atoms with Gasteiger partial charge in [-0.1, -0.05) is 18.2 Å². The van der Waals surface area contributed by atoms with E-state index in [9.17, 15) is 18.0 Å². The fourth-order valence-corrected chi connectivity index (χ4v) is 3.33. The van der Waals surface area contributed by atoms with E-state index in [1.54, 1.807) is 18.0 Å². The minimum atomic E-state index is -4.36. The Morgan fingerprint density at radius 3 is 2.74 bits per heavy atom. The van der Waals surface area contributed by atoms with Gasteiger partial charge in [-0.15, -0.1) is 0 Å². The monoisotopic (exact) mass is 328 g/mol. The Balaban J connectivity index is 1.75. The minimum Gasteiger partial charge on any atom is -0.374 e. The van der Waals surface area contributed by atoms with Crippen LogP contribution >= 0.6 is 0 Å². The third kappa shape index (κ3) is 3.35. The van der Waals surface area contributed by atoms with Crippen molar-refractivity contribution >= 4 is 5.91 Å². The van der Waals surface area contributed by atoms with Crippen LogP contribution in [0.5, 0.6) is 0 Å². The Kier molecular flexibility index (Phi) is 4.33. The van der Waals surface area contributed by atoms with Crippen molar-refractivity contribution in [3.05, 3.63) is 35.4 Å². The number of likely N-dealkylation sites (tertiary alicyclic amines) is 1. The number of nitrogens with zero attached hydrogens (tertiary/aromatic N) is 2. The third-order valence-electron chi connectivity index (χ3n) is 4.57. The number of hydrogen-bond donors (Lipinski definition) is 0. The molecule has 4 nitrogen and oxygen atoms in total. The molecule has 126 valence electrons. The van der Waals surface area contributed by atoms with Crippen molar-refractivity contribution in [1.82, 2.24) is 9.80 Å². The number of carbonyl (C=O) groups excluding carboxylic acids is 1. The topological polar surface area (TPSA) is 32.8 Å². The molecule has 0 unspecified atom stereocenters. The summed E-state index contributed by atoms with van der Waals surface area (Å²) >= 11 is 0. The molecule has 23 heavy (non-hydrogen) atoms. The van der Waals surface area contributed by atoms with Crippen molar-refractivity contribution in [1.29, 1.82) is 0 Å². The molecule has 7 heteroatoms. The Labute approximate surface area is 132 Å². The van der Waals surface area contributed by atoms with Crippen LogP contribution in [0.4, 0.5) is 13.2 Å². The standard InChI is InChI=1S/C16H19F3N2O2/c1-20-13-9-21(10-14(13)23-7-6-15(20)22)8-11-4-2-3-5-12(11)16(17,18)19/h2-5,13-14H,6-10H2,1H3/t13-,14-/m0/s1. The Bertz CT molecular complexity index is 591. The van der Waals surface area contributed by atoms with E-state index in [2.05, 4.69) is 0 Å². The zero-order valence-corrected chi connectivity index (χ0v) is 12.8. The molecule has 2 heterocycles. The number of benzene rings is 1. The molecule has 0 aromatic heterocycles. The second kappa shape index (κ2) is 6.13. The summed E-state index contributed by atoms with van der Waals surface area (Å²) < 4.78 is 45.0. The number of carbonyl (C=O) groups is 1. The molecule has 2 saturated heterocycles. The molecule has 2 atom stereocenters. The van der Waals surface area contributed by atoms with Crippen molar-refractivity contribution in [2.45, 2.75) is 31.3 Å². The highest BCUT2D eigenvalue weighted by Gasteiger charge is 2.40. The van der Waals surface area contributed by atoms with Gasteiger partial charge in [0.1, 0.15) is 0 Å². The summed E-state index contributed by atoms with van der Waals surface area (Å²) in [7, 11) is 1.74. The number of ether oxygens (including phenoxy) is 1. The number of rotatable bonds is 2. The van der Waals surface area contributed by atoms with Crippen molar-refractivity contribution < 1.29 is 22.7 Å². The van der Waals surface area contributed by atoms with Gasteiger partial charge in [-0.25, -0.2) is 0 Å². The molecule has 2 fully saturated rings. The number of hydrogen-bond acceptors (Lipinski definition) is 3. The van der Waals surface area contributed by atoms with E-state index < -0.39 is 11.7 Å². The van der Waals surface area contributed by atoms with Crippen LogP contribution in [-0.2, 0) is 22.3 Å². The van der Waals surface area contributed by atoms with Crippen molar-refractivity contribution in [3.63, 3.8) is 0 Å². The smallest absolute Gasteiger partial charge is 0.374 e. The van der Waals surface area contributed by atoms with E-state index in [4.69, 9.17) is 4.74 Å². The Morgan fingerprint density at radius 2 is 2.00 bits per heavy atom. The predicted molar refractivity (Wildman–Crippen MR) is 77.6 cm³/mol. The van der Waals surface area contributed by atoms with Crippen LogP contribution in [0.25, 0.3) is 0 Å². The Morgan fingerprint density at radius 1 is 1.26 bits per heavy atom. The van der Waals surface area contributed by atoms with E-state index in [1.807, 2.05) is 4.90 Å². The number of amides is 1. The average Bonchev–Trinajstić information content (AvgIpc) is 2.83. The van der Waals surface area contributed by atoms with Crippen LogP contribution in [-0.4, -0.2) is 54.6 Å². The summed E-state index contributed by atoms with van der Waals surface area (Å²) in [4.78, 5) is 15.5. The number of alkyl halides is 3. The number of likely N-dealkylation sites (N-methyl/N-ethyl adjacent to an activating group) is 1. The van der Waals surface area contributed by atoms with Gasteiger partial charge in [-0.3, -0.25) is 9.69 Å². The maximum atomic E-state index is 13.1. The first-order chi connectivity index (χ1) is 10.9. The SMILES string of the molecule is CN1C(=O)CCO[C@H]2CN(Cc3ccccc3C(F)(F)F)C[C@@H]21. The van der Waals surface area contributed by atoms with Gasteiger partial charge in [0, 0.05) is 26.7 Å². The van der Waals surface area contributed by atoms with Crippen molar-refractivity contribution in [2.24, 2.45) is 0 Å². The zero-order chi connectivity index (χ0) is 16.6. The summed E-state index contributed by atoms with van der Waals surface area (Å²) in [5.41, 5.74) is -0.345. The Hall–Kier alpha value is -1.60. The highest BCUT2D eigenvalue weighted by molar-refractivity contribution is 5.76. The summed E-state index contributed by atoms with van der Waals surface area (Å²) in [6.45, 7) is 1.64. The summed E-state index contributed by atoms with van der Waals surface area (Å²) in [6.07, 6.45) is -4.13. The molecule has 0 bridgehead atoms. The van der Waals surface area contributed by atoms with Gasteiger partial charge in [0.15, 0.2) is 0 Å². The maximum absolute atomic E-state index is 13.1. The molecule has 0 radical (unpaired) electrons. The number of fused-ring (bicyclic) bond motifs is 1. The molecule has 0 aliphatic carbocycles. The molecule has 0 N–H and O–H groups in total. The van der Waals surface area contributed by atoms with Crippen molar-refractivity contribution in [2.75, 3.05) is 26.7 Å². The normalized spacial score (nSPS) is 26.3. The van der Waals surface area contributed by atoms with E-state index >= 15 is 0 Å². The van der Waals surface area contributed by atoms with Crippen molar-refractivity contribution in [3.8, 4) is 0 Å². The average molecular weight is 328 g/mol. The van der Waals surface area contributed by atoms with E-state index in [-0.39, 0.29) is 30.2 Å². The van der Waals surface area contributed by atoms with Crippen LogP contribution in [0.15, 0.2) is 24.3 Å². The molecule has 0 spiro atoms. The van der Waals surface area contributed by atoms with Gasteiger partial charge >= 0.3 is 6.18 Å². The van der Waals surface area contributed by atoms with E-state index in [0.29, 0.717) is 26.1 Å². The lowest BCUT2D eigenvalue weighted by atomic mass is 10.1. The lowest BCUT2D eigenvalue weighted by molar-refractivity contribution is -0.138. The molecule has 3 rings (SSSR count). The van der Waals surface area contributed by atoms with Crippen LogP contribution in [0.1, 0.15) is 17.5 Å². The van der Waals surface area contributed by atoms with Gasteiger partial charge in [-0.2, -0.15) is 13.2 Å². The minimum absolute atomic E-state index is 0.0232. The molecule has 2 aliphatic heterocycles. The zero-order valence-electron chi connectivity index (χ0n) is 12.8. The van der Waals surface area contributed by atoms with Crippen LogP contribution in [0.3, 0.4) is 0 Å². The highest BCUT2D eigenvalue weighted by atomic mass is 19.4. The molecule has 2 aliphatic rings. The lowest BCUT2D eigenvalue weighted by Crippen LogP contribution is -2.42. The van der Waals surface area contributed by atoms with Crippen LogP contribution in [0, 0.1) is 0 Å². The molecule has 1 aromatic carbocycles. The summed E-state index contributed by atoms with van der Waals surface area (Å²) in [5.74, 6) is 0.0232. The van der Waals surface area contributed by atoms with E-state index in [0.717, 1.165) is 6.07 Å². The summed E-state index contributed by atoms with van der Waals surface area (Å²) in [6, 6.07) is 5.53. The fraction of sp³-hybridized carbons (Fsp3) is 0.562. The van der Waals surface area contributed by atoms with Gasteiger partial charge in [0.2, 0.25) is 5.91 Å². The predicted octanol–water partition coefficient (Wildman–Crippen LogP) is 2.14.